The first-order chi connectivity index (χ1) is 38.4. The average Bonchev–Trinajstić information content (AvgIpc) is 3.41. The molecule has 3 unspecified atom stereocenters. The van der Waals surface area contributed by atoms with Crippen molar-refractivity contribution in [2.75, 3.05) is 40.9 Å². The highest BCUT2D eigenvalue weighted by Gasteiger charge is 2.30. The number of phosphoric acid groups is 1. The fourth-order valence-electron chi connectivity index (χ4n) is 9.57. The summed E-state index contributed by atoms with van der Waals surface area (Å²) in [5, 5.41) is 3.03. The van der Waals surface area contributed by atoms with Gasteiger partial charge in [0.15, 0.2) is 0 Å². The molecule has 0 aromatic carbocycles. The molecular weight excluding hydrogens is 1000 g/mol. The maximum Gasteiger partial charge on any atom is 0.472 e. The summed E-state index contributed by atoms with van der Waals surface area (Å²) in [4.78, 5) is 37.8. The Bertz CT molecular complexity index is 1580. The first-order valence-electron chi connectivity index (χ1n) is 33.3. The average molecular weight is 1130 g/mol. The zero-order chi connectivity index (χ0) is 57.9. The number of hydrogen-bond acceptors (Lipinski definition) is 6. The van der Waals surface area contributed by atoms with Crippen LogP contribution in [0.1, 0.15) is 303 Å². The Morgan fingerprint density at radius 1 is 0.456 bits per heavy atom. The molecule has 2 N–H and O–H groups in total. The number of phosphoric ester groups is 1. The Morgan fingerprint density at radius 2 is 0.823 bits per heavy atom. The number of rotatable bonds is 60. The lowest BCUT2D eigenvalue weighted by Crippen LogP contribution is -2.47. The van der Waals surface area contributed by atoms with Crippen molar-refractivity contribution in [3.05, 3.63) is 72.9 Å². The molecule has 0 aliphatic carbocycles. The monoisotopic (exact) mass is 1130 g/mol. The number of esters is 1. The van der Waals surface area contributed by atoms with Crippen LogP contribution < -0.4 is 5.32 Å². The zero-order valence-electron chi connectivity index (χ0n) is 52.6. The Morgan fingerprint density at radius 3 is 1.23 bits per heavy atom. The molecule has 3 atom stereocenters. The van der Waals surface area contributed by atoms with E-state index in [2.05, 4.69) is 86.8 Å². The van der Waals surface area contributed by atoms with Gasteiger partial charge in [0.25, 0.3) is 0 Å². The third kappa shape index (κ3) is 59.9. The molecule has 0 radical (unpaired) electrons. The van der Waals surface area contributed by atoms with Gasteiger partial charge < -0.3 is 19.4 Å². The molecule has 9 nitrogen and oxygen atoms in total. The molecule has 0 fully saturated rings. The Hall–Kier alpha value is -2.55. The van der Waals surface area contributed by atoms with Crippen LogP contribution in [0.5, 0.6) is 0 Å². The highest BCUT2D eigenvalue weighted by Crippen LogP contribution is 2.43. The van der Waals surface area contributed by atoms with Gasteiger partial charge in [-0.3, -0.25) is 18.6 Å². The van der Waals surface area contributed by atoms with Crippen LogP contribution in [0.15, 0.2) is 72.9 Å². The number of quaternary nitrogens is 1. The lowest BCUT2D eigenvalue weighted by molar-refractivity contribution is -0.870. The van der Waals surface area contributed by atoms with E-state index in [1.165, 1.54) is 186 Å². The van der Waals surface area contributed by atoms with E-state index in [0.717, 1.165) is 77.0 Å². The first-order valence-corrected chi connectivity index (χ1v) is 34.8. The van der Waals surface area contributed by atoms with Gasteiger partial charge >= 0.3 is 13.8 Å². The van der Waals surface area contributed by atoms with Gasteiger partial charge in [0.1, 0.15) is 19.3 Å². The molecule has 460 valence electrons. The van der Waals surface area contributed by atoms with Crippen molar-refractivity contribution in [3.63, 3.8) is 0 Å². The molecule has 0 saturated heterocycles. The van der Waals surface area contributed by atoms with Gasteiger partial charge in [-0.25, -0.2) is 4.57 Å². The van der Waals surface area contributed by atoms with Crippen LogP contribution in [0.25, 0.3) is 0 Å². The van der Waals surface area contributed by atoms with E-state index in [9.17, 15) is 19.0 Å². The molecule has 0 aromatic heterocycles. The number of hydrogen-bond donors (Lipinski definition) is 2. The molecule has 0 aliphatic rings. The van der Waals surface area contributed by atoms with Crippen molar-refractivity contribution in [2.45, 2.75) is 315 Å². The van der Waals surface area contributed by atoms with E-state index >= 15 is 0 Å². The molecular formula is C69H128N2O7P+. The minimum absolute atomic E-state index is 0.0287. The van der Waals surface area contributed by atoms with Crippen molar-refractivity contribution in [3.8, 4) is 0 Å². The summed E-state index contributed by atoms with van der Waals surface area (Å²) in [5.41, 5.74) is 0. The summed E-state index contributed by atoms with van der Waals surface area (Å²) >= 11 is 0. The number of carbonyl (C=O) groups is 2. The topological polar surface area (TPSA) is 111 Å². The predicted molar refractivity (Wildman–Crippen MR) is 341 cm³/mol. The Balaban J connectivity index is 5.22. The second-order valence-electron chi connectivity index (χ2n) is 23.6. The number of nitrogens with zero attached hydrogens (tertiary/aromatic N) is 1. The molecule has 79 heavy (non-hydrogen) atoms. The fraction of sp³-hybridized carbons (Fsp3) is 0.797. The summed E-state index contributed by atoms with van der Waals surface area (Å²) in [7, 11) is 1.46. The van der Waals surface area contributed by atoms with E-state index in [4.69, 9.17) is 13.8 Å². The maximum atomic E-state index is 13.5. The van der Waals surface area contributed by atoms with E-state index in [-0.39, 0.29) is 37.9 Å². The summed E-state index contributed by atoms with van der Waals surface area (Å²) in [6.45, 7) is 6.89. The molecule has 10 heteroatoms. The van der Waals surface area contributed by atoms with Crippen LogP contribution in [-0.4, -0.2) is 74.3 Å². The van der Waals surface area contributed by atoms with E-state index in [1.54, 1.807) is 0 Å². The molecule has 0 aromatic rings. The number of ether oxygens (including phenoxy) is 1. The zero-order valence-corrected chi connectivity index (χ0v) is 53.5. The Labute approximate surface area is 489 Å². The van der Waals surface area contributed by atoms with Crippen molar-refractivity contribution in [1.82, 2.24) is 5.32 Å². The maximum absolute atomic E-state index is 13.5. The van der Waals surface area contributed by atoms with Crippen LogP contribution in [0.4, 0.5) is 0 Å². The van der Waals surface area contributed by atoms with Gasteiger partial charge in [-0.15, -0.1) is 0 Å². The number of likely N-dealkylation sites (N-methyl/N-ethyl adjacent to an activating group) is 1. The van der Waals surface area contributed by atoms with E-state index in [1.807, 2.05) is 33.3 Å². The molecule has 0 spiro atoms. The van der Waals surface area contributed by atoms with Crippen LogP contribution >= 0.6 is 7.82 Å². The number of allylic oxidation sites excluding steroid dienone is 11. The minimum atomic E-state index is -4.47. The normalized spacial score (nSPS) is 14.1. The third-order valence-corrected chi connectivity index (χ3v) is 15.6. The second kappa shape index (κ2) is 58.6. The highest BCUT2D eigenvalue weighted by atomic mass is 31.2. The summed E-state index contributed by atoms with van der Waals surface area (Å²) in [6, 6.07) is -0.879. The molecule has 0 heterocycles. The number of amides is 1. The lowest BCUT2D eigenvalue weighted by atomic mass is 10.0. The van der Waals surface area contributed by atoms with E-state index < -0.39 is 20.0 Å². The standard InChI is InChI=1S/C69H127N2O7P/c1-7-10-13-16-19-22-25-28-30-32-33-34-35-36-37-39-41-44-47-50-53-56-59-62-69(73)78-67(60-57-54-51-48-45-42-27-24-21-18-15-12-9-3)66(65-77-79(74,75)76-64-63-71(4,5)6)70-68(72)61-58-55-52-49-46-43-40-38-31-29-26-23-20-17-14-11-8-2/h11,14,20,23,29,31,40,43,49,52,57,60,66-67H,7-10,12-13,15-19,21-22,24-28,30,32-39,41-42,44-48,50-51,53-56,58-59,61-65H2,1-6H3,(H-,70,72,74,75)/p+1/b14-11-,23-20-,31-29-,43-40-,52-49-,60-57-. The molecule has 1 amide bonds. The molecule has 0 aliphatic heterocycles. The Kier molecular flexibility index (Phi) is 56.7. The summed E-state index contributed by atoms with van der Waals surface area (Å²) in [5.74, 6) is -0.564. The predicted octanol–water partition coefficient (Wildman–Crippen LogP) is 20.8. The number of nitrogens with one attached hydrogen (secondary N) is 1. The smallest absolute Gasteiger partial charge is 0.456 e. The first kappa shape index (κ1) is 76.5. The quantitative estimate of drug-likeness (QED) is 0.0205. The molecule has 0 bridgehead atoms. The van der Waals surface area contributed by atoms with Gasteiger partial charge in [0, 0.05) is 12.8 Å². The fourth-order valence-corrected chi connectivity index (χ4v) is 10.3. The largest absolute Gasteiger partial charge is 0.472 e. The minimum Gasteiger partial charge on any atom is -0.456 e. The third-order valence-electron chi connectivity index (χ3n) is 14.7. The highest BCUT2D eigenvalue weighted by molar-refractivity contribution is 7.47. The van der Waals surface area contributed by atoms with Gasteiger partial charge in [0.2, 0.25) is 5.91 Å². The lowest BCUT2D eigenvalue weighted by Gasteiger charge is -2.27. The van der Waals surface area contributed by atoms with Crippen LogP contribution in [0, 0.1) is 0 Å². The van der Waals surface area contributed by atoms with Crippen molar-refractivity contribution in [1.29, 1.82) is 0 Å². The van der Waals surface area contributed by atoms with Crippen molar-refractivity contribution < 1.29 is 37.3 Å². The van der Waals surface area contributed by atoms with Crippen molar-refractivity contribution in [2.24, 2.45) is 0 Å². The van der Waals surface area contributed by atoms with E-state index in [0.29, 0.717) is 17.4 Å². The van der Waals surface area contributed by atoms with Crippen LogP contribution in [-0.2, 0) is 27.9 Å². The van der Waals surface area contributed by atoms with Crippen LogP contribution in [0.3, 0.4) is 0 Å². The summed E-state index contributed by atoms with van der Waals surface area (Å²) in [6.07, 6.45) is 76.4. The number of carbonyl (C=O) groups excluding carboxylic acids is 2. The summed E-state index contributed by atoms with van der Waals surface area (Å²) < 4.78 is 30.7. The van der Waals surface area contributed by atoms with Crippen molar-refractivity contribution >= 4 is 19.7 Å². The molecule has 0 rings (SSSR count). The molecule has 0 saturated carbocycles. The van der Waals surface area contributed by atoms with Gasteiger partial charge in [-0.1, -0.05) is 293 Å². The van der Waals surface area contributed by atoms with Gasteiger partial charge in [-0.2, -0.15) is 0 Å². The van der Waals surface area contributed by atoms with Gasteiger partial charge in [0.05, 0.1) is 33.8 Å². The number of unbranched alkanes of at least 4 members (excludes halogenated alkanes) is 34. The SMILES string of the molecule is CC/C=C\C/C=C\C/C=C\C/C=C\C/C=C\CCCC(=O)NC(COP(=O)(O)OCC[N+](C)(C)C)C(/C=C\CCCCCCCCCCCCC)OC(=O)CCCCCCCCCCCCCCCCCCCCCCCCC. The van der Waals surface area contributed by atoms with Gasteiger partial charge in [-0.05, 0) is 70.3 Å². The van der Waals surface area contributed by atoms with Crippen LogP contribution in [0.2, 0.25) is 0 Å². The second-order valence-corrected chi connectivity index (χ2v) is 25.1.